The summed E-state index contributed by atoms with van der Waals surface area (Å²) in [5.74, 6) is 1.02. The van der Waals surface area contributed by atoms with Gasteiger partial charge in [0.2, 0.25) is 0 Å². The zero-order valence-corrected chi connectivity index (χ0v) is 14.4. The average molecular weight is 311 g/mol. The van der Waals surface area contributed by atoms with Crippen molar-refractivity contribution in [3.63, 3.8) is 0 Å². The molecule has 0 amide bonds. The van der Waals surface area contributed by atoms with Crippen LogP contribution in [-0.2, 0) is 6.42 Å². The number of benzene rings is 2. The van der Waals surface area contributed by atoms with E-state index in [1.54, 1.807) is 0 Å². The SMILES string of the molecule is CCCCOc1ccccc1C(C)NCCCc1ccccc1. The maximum absolute atomic E-state index is 5.93. The van der Waals surface area contributed by atoms with Gasteiger partial charge in [0.25, 0.3) is 0 Å². The molecule has 0 aliphatic heterocycles. The van der Waals surface area contributed by atoms with Crippen LogP contribution in [0.3, 0.4) is 0 Å². The Morgan fingerprint density at radius 2 is 1.70 bits per heavy atom. The monoisotopic (exact) mass is 311 g/mol. The van der Waals surface area contributed by atoms with Gasteiger partial charge in [0.15, 0.2) is 0 Å². The Hall–Kier alpha value is -1.80. The Kier molecular flexibility index (Phi) is 7.68. The van der Waals surface area contributed by atoms with Crippen LogP contribution in [0, 0.1) is 0 Å². The Bertz CT molecular complexity index is 553. The predicted octanol–water partition coefficient (Wildman–Crippen LogP) is 5.15. The molecule has 0 aliphatic rings. The smallest absolute Gasteiger partial charge is 0.124 e. The predicted molar refractivity (Wildman–Crippen MR) is 98.0 cm³/mol. The van der Waals surface area contributed by atoms with Gasteiger partial charge >= 0.3 is 0 Å². The molecule has 1 N–H and O–H groups in total. The molecule has 0 aromatic heterocycles. The lowest BCUT2D eigenvalue weighted by atomic mass is 10.1. The fourth-order valence-electron chi connectivity index (χ4n) is 2.66. The van der Waals surface area contributed by atoms with Gasteiger partial charge in [-0.1, -0.05) is 61.9 Å². The summed E-state index contributed by atoms with van der Waals surface area (Å²) in [4.78, 5) is 0. The van der Waals surface area contributed by atoms with Gasteiger partial charge in [-0.05, 0) is 44.4 Å². The van der Waals surface area contributed by atoms with Crippen LogP contribution >= 0.6 is 0 Å². The van der Waals surface area contributed by atoms with E-state index in [1.807, 2.05) is 6.07 Å². The summed E-state index contributed by atoms with van der Waals surface area (Å²) in [6.45, 7) is 6.21. The minimum atomic E-state index is 0.309. The Morgan fingerprint density at radius 3 is 2.48 bits per heavy atom. The Labute approximate surface area is 140 Å². The van der Waals surface area contributed by atoms with Crippen LogP contribution < -0.4 is 10.1 Å². The molecule has 0 saturated carbocycles. The standard InChI is InChI=1S/C21H29NO/c1-3-4-17-23-21-15-9-8-14-20(21)18(2)22-16-10-13-19-11-6-5-7-12-19/h5-9,11-12,14-15,18,22H,3-4,10,13,16-17H2,1-2H3. The molecule has 2 aromatic rings. The maximum atomic E-state index is 5.93. The molecule has 2 heteroatoms. The number of rotatable bonds is 10. The van der Waals surface area contributed by atoms with Crippen LogP contribution in [0.1, 0.15) is 50.3 Å². The summed E-state index contributed by atoms with van der Waals surface area (Å²) in [5.41, 5.74) is 2.66. The lowest BCUT2D eigenvalue weighted by Gasteiger charge is -2.18. The molecule has 124 valence electrons. The molecular formula is C21H29NO. The number of ether oxygens (including phenoxy) is 1. The van der Waals surface area contributed by atoms with Crippen LogP contribution in [0.5, 0.6) is 5.75 Å². The highest BCUT2D eigenvalue weighted by atomic mass is 16.5. The van der Waals surface area contributed by atoms with Crippen molar-refractivity contribution in [1.82, 2.24) is 5.32 Å². The Morgan fingerprint density at radius 1 is 0.957 bits per heavy atom. The van der Waals surface area contributed by atoms with Crippen LogP contribution in [0.2, 0.25) is 0 Å². The third kappa shape index (κ3) is 6.07. The summed E-state index contributed by atoms with van der Waals surface area (Å²) in [6, 6.07) is 19.4. The zero-order valence-electron chi connectivity index (χ0n) is 14.4. The van der Waals surface area contributed by atoms with Crippen LogP contribution in [0.25, 0.3) is 0 Å². The molecule has 1 atom stereocenters. The fourth-order valence-corrected chi connectivity index (χ4v) is 2.66. The first-order chi connectivity index (χ1) is 11.3. The summed E-state index contributed by atoms with van der Waals surface area (Å²) < 4.78 is 5.93. The third-order valence-corrected chi connectivity index (χ3v) is 4.08. The van der Waals surface area contributed by atoms with Crippen molar-refractivity contribution in [2.45, 2.75) is 45.6 Å². The second-order valence-corrected chi connectivity index (χ2v) is 6.00. The van der Waals surface area contributed by atoms with Crippen molar-refractivity contribution in [3.8, 4) is 5.75 Å². The zero-order chi connectivity index (χ0) is 16.3. The van der Waals surface area contributed by atoms with E-state index in [9.17, 15) is 0 Å². The number of unbranched alkanes of at least 4 members (excludes halogenated alkanes) is 1. The van der Waals surface area contributed by atoms with Crippen molar-refractivity contribution >= 4 is 0 Å². The molecule has 0 saturated heterocycles. The molecule has 2 rings (SSSR count). The average Bonchev–Trinajstić information content (AvgIpc) is 2.60. The van der Waals surface area contributed by atoms with E-state index in [2.05, 4.69) is 67.7 Å². The van der Waals surface area contributed by atoms with Gasteiger partial charge in [0, 0.05) is 11.6 Å². The highest BCUT2D eigenvalue weighted by molar-refractivity contribution is 5.35. The first kappa shape index (κ1) is 17.6. The van der Waals surface area contributed by atoms with Gasteiger partial charge in [-0.3, -0.25) is 0 Å². The highest BCUT2D eigenvalue weighted by Crippen LogP contribution is 2.25. The summed E-state index contributed by atoms with van der Waals surface area (Å²) in [6.07, 6.45) is 4.53. The van der Waals surface area contributed by atoms with Gasteiger partial charge in [0.1, 0.15) is 5.75 Å². The molecule has 0 heterocycles. The minimum absolute atomic E-state index is 0.309. The maximum Gasteiger partial charge on any atom is 0.124 e. The van der Waals surface area contributed by atoms with Crippen molar-refractivity contribution in [3.05, 3.63) is 65.7 Å². The molecule has 0 spiro atoms. The second-order valence-electron chi connectivity index (χ2n) is 6.00. The van der Waals surface area contributed by atoms with Crippen molar-refractivity contribution < 1.29 is 4.74 Å². The van der Waals surface area contributed by atoms with E-state index in [0.717, 1.165) is 44.6 Å². The van der Waals surface area contributed by atoms with Crippen molar-refractivity contribution in [2.75, 3.05) is 13.2 Å². The molecule has 0 fully saturated rings. The minimum Gasteiger partial charge on any atom is -0.493 e. The van der Waals surface area contributed by atoms with Gasteiger partial charge < -0.3 is 10.1 Å². The lowest BCUT2D eigenvalue weighted by molar-refractivity contribution is 0.303. The van der Waals surface area contributed by atoms with E-state index in [0.29, 0.717) is 6.04 Å². The number of nitrogens with one attached hydrogen (secondary N) is 1. The number of para-hydroxylation sites is 1. The first-order valence-electron chi connectivity index (χ1n) is 8.80. The van der Waals surface area contributed by atoms with E-state index in [1.165, 1.54) is 11.1 Å². The number of hydrogen-bond acceptors (Lipinski definition) is 2. The topological polar surface area (TPSA) is 21.3 Å². The van der Waals surface area contributed by atoms with Gasteiger partial charge in [-0.25, -0.2) is 0 Å². The fraction of sp³-hybridized carbons (Fsp3) is 0.429. The van der Waals surface area contributed by atoms with Gasteiger partial charge in [-0.15, -0.1) is 0 Å². The van der Waals surface area contributed by atoms with Crippen molar-refractivity contribution in [2.24, 2.45) is 0 Å². The van der Waals surface area contributed by atoms with E-state index in [4.69, 9.17) is 4.74 Å². The summed E-state index contributed by atoms with van der Waals surface area (Å²) in [5, 5.41) is 3.62. The quantitative estimate of drug-likeness (QED) is 0.613. The summed E-state index contributed by atoms with van der Waals surface area (Å²) in [7, 11) is 0. The Balaban J connectivity index is 1.79. The number of hydrogen-bond donors (Lipinski definition) is 1. The largest absolute Gasteiger partial charge is 0.493 e. The van der Waals surface area contributed by atoms with Crippen LogP contribution in [0.15, 0.2) is 54.6 Å². The molecule has 1 unspecified atom stereocenters. The lowest BCUT2D eigenvalue weighted by Crippen LogP contribution is -2.21. The van der Waals surface area contributed by atoms with Gasteiger partial charge in [-0.2, -0.15) is 0 Å². The molecule has 23 heavy (non-hydrogen) atoms. The first-order valence-corrected chi connectivity index (χ1v) is 8.80. The molecular weight excluding hydrogens is 282 g/mol. The molecule has 0 bridgehead atoms. The van der Waals surface area contributed by atoms with Crippen molar-refractivity contribution in [1.29, 1.82) is 0 Å². The highest BCUT2D eigenvalue weighted by Gasteiger charge is 2.10. The third-order valence-electron chi connectivity index (χ3n) is 4.08. The molecule has 0 radical (unpaired) electrons. The molecule has 2 aromatic carbocycles. The van der Waals surface area contributed by atoms with Crippen LogP contribution in [-0.4, -0.2) is 13.2 Å². The van der Waals surface area contributed by atoms with E-state index in [-0.39, 0.29) is 0 Å². The second kappa shape index (κ2) is 10.1. The van der Waals surface area contributed by atoms with Crippen LogP contribution in [0.4, 0.5) is 0 Å². The summed E-state index contributed by atoms with van der Waals surface area (Å²) >= 11 is 0. The molecule has 2 nitrogen and oxygen atoms in total. The number of aryl methyl sites for hydroxylation is 1. The van der Waals surface area contributed by atoms with E-state index >= 15 is 0 Å². The molecule has 0 aliphatic carbocycles. The van der Waals surface area contributed by atoms with Gasteiger partial charge in [0.05, 0.1) is 6.61 Å². The normalized spacial score (nSPS) is 12.1. The van der Waals surface area contributed by atoms with E-state index < -0.39 is 0 Å².